The van der Waals surface area contributed by atoms with Gasteiger partial charge < -0.3 is 14.7 Å². The molecule has 3 heterocycles. The summed E-state index contributed by atoms with van der Waals surface area (Å²) in [6.45, 7) is 3.67. The van der Waals surface area contributed by atoms with Crippen LogP contribution in [-0.4, -0.2) is 50.4 Å². The van der Waals surface area contributed by atoms with Crippen LogP contribution in [0.25, 0.3) is 0 Å². The fourth-order valence-electron chi connectivity index (χ4n) is 3.89. The van der Waals surface area contributed by atoms with E-state index in [2.05, 4.69) is 5.10 Å². The van der Waals surface area contributed by atoms with Crippen molar-refractivity contribution >= 4 is 17.2 Å². The smallest absolute Gasteiger partial charge is 0.257 e. The van der Waals surface area contributed by atoms with Gasteiger partial charge in [0.2, 0.25) is 0 Å². The van der Waals surface area contributed by atoms with Gasteiger partial charge in [0.05, 0.1) is 24.1 Å². The number of rotatable bonds is 6. The monoisotopic (exact) mass is 440 g/mol. The molecule has 0 bridgehead atoms. The largest absolute Gasteiger partial charge is 0.493 e. The number of benzene rings is 1. The molecule has 0 aliphatic carbocycles. The van der Waals surface area contributed by atoms with Crippen molar-refractivity contribution in [2.75, 3.05) is 19.7 Å². The number of aliphatic hydroxyl groups is 1. The van der Waals surface area contributed by atoms with Gasteiger partial charge in [-0.05, 0) is 31.9 Å². The Kier molecular flexibility index (Phi) is 6.38. The maximum absolute atomic E-state index is 12.8. The van der Waals surface area contributed by atoms with Gasteiger partial charge in [-0.2, -0.15) is 5.10 Å². The third-order valence-corrected chi connectivity index (χ3v) is 7.10. The topological polar surface area (TPSA) is 80.5 Å². The van der Waals surface area contributed by atoms with Crippen LogP contribution < -0.4 is 4.74 Å². The van der Waals surface area contributed by atoms with Gasteiger partial charge in [-0.3, -0.25) is 9.48 Å². The summed E-state index contributed by atoms with van der Waals surface area (Å²) in [5.74, 6) is 0.817. The van der Waals surface area contributed by atoms with Gasteiger partial charge in [0.1, 0.15) is 16.4 Å². The minimum Gasteiger partial charge on any atom is -0.493 e. The lowest BCUT2D eigenvalue weighted by atomic mass is 9.96. The normalized spacial score (nSPS) is 19.3. The quantitative estimate of drug-likeness (QED) is 0.636. The van der Waals surface area contributed by atoms with Crippen LogP contribution in [0.4, 0.5) is 0 Å². The molecule has 1 amide bonds. The van der Waals surface area contributed by atoms with Crippen molar-refractivity contribution in [2.24, 2.45) is 7.05 Å². The summed E-state index contributed by atoms with van der Waals surface area (Å²) in [5.41, 5.74) is 0.522. The standard InChI is InChI=1S/C23H28N4O3S/c1-17-20(9-14-30-19-7-4-3-5-8-19)31-22(25-17)23(29)10-6-12-27(13-11-23)21(28)18-15-24-26(2)16-18/h3-5,7-8,15-16,29H,6,9-14H2,1-2H3/t23-/m0/s1. The van der Waals surface area contributed by atoms with Crippen molar-refractivity contribution in [3.05, 3.63) is 63.9 Å². The van der Waals surface area contributed by atoms with E-state index in [0.29, 0.717) is 38.1 Å². The van der Waals surface area contributed by atoms with Crippen LogP contribution in [0, 0.1) is 6.92 Å². The van der Waals surface area contributed by atoms with Crippen molar-refractivity contribution < 1.29 is 14.6 Å². The zero-order valence-electron chi connectivity index (χ0n) is 18.0. The molecule has 3 aromatic rings. The van der Waals surface area contributed by atoms with Gasteiger partial charge >= 0.3 is 0 Å². The maximum Gasteiger partial charge on any atom is 0.257 e. The maximum atomic E-state index is 12.8. The zero-order valence-corrected chi connectivity index (χ0v) is 18.8. The van der Waals surface area contributed by atoms with E-state index in [0.717, 1.165) is 34.2 Å². The number of nitrogens with zero attached hydrogens (tertiary/aromatic N) is 4. The minimum absolute atomic E-state index is 0.0357. The van der Waals surface area contributed by atoms with Crippen LogP contribution in [-0.2, 0) is 19.1 Å². The van der Waals surface area contributed by atoms with Gasteiger partial charge in [-0.15, -0.1) is 11.3 Å². The van der Waals surface area contributed by atoms with Crippen LogP contribution in [0.2, 0.25) is 0 Å². The van der Waals surface area contributed by atoms with Crippen LogP contribution in [0.3, 0.4) is 0 Å². The molecule has 8 heteroatoms. The summed E-state index contributed by atoms with van der Waals surface area (Å²) in [6.07, 6.45) is 5.87. The first-order chi connectivity index (χ1) is 14.9. The van der Waals surface area contributed by atoms with E-state index >= 15 is 0 Å². The minimum atomic E-state index is -1.00. The van der Waals surface area contributed by atoms with Gasteiger partial charge in [0, 0.05) is 44.1 Å². The highest BCUT2D eigenvalue weighted by Gasteiger charge is 2.36. The Labute approximate surface area is 186 Å². The fourth-order valence-corrected chi connectivity index (χ4v) is 5.08. The Morgan fingerprint density at radius 1 is 1.26 bits per heavy atom. The molecular formula is C23H28N4O3S. The Bertz CT molecular complexity index is 1030. The third-order valence-electron chi connectivity index (χ3n) is 5.68. The summed E-state index contributed by atoms with van der Waals surface area (Å²) in [6, 6.07) is 9.76. The second-order valence-corrected chi connectivity index (χ2v) is 9.10. The predicted molar refractivity (Wildman–Crippen MR) is 119 cm³/mol. The summed E-state index contributed by atoms with van der Waals surface area (Å²) >= 11 is 1.56. The van der Waals surface area contributed by atoms with E-state index < -0.39 is 5.60 Å². The van der Waals surface area contributed by atoms with Crippen molar-refractivity contribution in [3.8, 4) is 5.75 Å². The van der Waals surface area contributed by atoms with Gasteiger partial charge in [-0.25, -0.2) is 4.98 Å². The van der Waals surface area contributed by atoms with E-state index in [1.54, 1.807) is 35.5 Å². The lowest BCUT2D eigenvalue weighted by Crippen LogP contribution is -2.33. The Morgan fingerprint density at radius 2 is 2.06 bits per heavy atom. The van der Waals surface area contributed by atoms with Gasteiger partial charge in [-0.1, -0.05) is 18.2 Å². The average molecular weight is 441 g/mol. The lowest BCUT2D eigenvalue weighted by molar-refractivity contribution is 0.0209. The molecule has 1 aromatic carbocycles. The number of aromatic nitrogens is 3. The SMILES string of the molecule is Cc1nc([C@]2(O)CCCN(C(=O)c3cnn(C)c3)CC2)sc1CCOc1ccccc1. The van der Waals surface area contributed by atoms with Crippen molar-refractivity contribution in [1.29, 1.82) is 0 Å². The van der Waals surface area contributed by atoms with E-state index in [1.165, 1.54) is 0 Å². The highest BCUT2D eigenvalue weighted by molar-refractivity contribution is 7.11. The number of thiazole rings is 1. The highest BCUT2D eigenvalue weighted by Crippen LogP contribution is 2.37. The molecule has 0 spiro atoms. The van der Waals surface area contributed by atoms with E-state index in [4.69, 9.17) is 9.72 Å². The number of hydrogen-bond acceptors (Lipinski definition) is 6. The summed E-state index contributed by atoms with van der Waals surface area (Å²) in [7, 11) is 1.80. The predicted octanol–water partition coefficient (Wildman–Crippen LogP) is 3.32. The van der Waals surface area contributed by atoms with Crippen LogP contribution >= 0.6 is 11.3 Å². The molecule has 164 valence electrons. The van der Waals surface area contributed by atoms with Gasteiger partial charge in [0.25, 0.3) is 5.91 Å². The summed E-state index contributed by atoms with van der Waals surface area (Å²) in [4.78, 5) is 20.4. The van der Waals surface area contributed by atoms with Gasteiger partial charge in [0.15, 0.2) is 0 Å². The first-order valence-electron chi connectivity index (χ1n) is 10.6. The number of ether oxygens (including phenoxy) is 1. The van der Waals surface area contributed by atoms with E-state index in [9.17, 15) is 9.90 Å². The molecular weight excluding hydrogens is 412 g/mol. The lowest BCUT2D eigenvalue weighted by Gasteiger charge is -2.24. The summed E-state index contributed by atoms with van der Waals surface area (Å²) < 4.78 is 7.44. The Hall–Kier alpha value is -2.71. The number of aryl methyl sites for hydroxylation is 2. The number of hydrogen-bond donors (Lipinski definition) is 1. The second-order valence-electron chi connectivity index (χ2n) is 8.02. The number of amides is 1. The third kappa shape index (κ3) is 4.97. The van der Waals surface area contributed by atoms with Crippen molar-refractivity contribution in [1.82, 2.24) is 19.7 Å². The Balaban J connectivity index is 1.39. The number of carbonyl (C=O) groups is 1. The molecule has 0 unspecified atom stereocenters. The number of carbonyl (C=O) groups excluding carboxylic acids is 1. The molecule has 1 saturated heterocycles. The number of para-hydroxylation sites is 1. The number of likely N-dealkylation sites (tertiary alicyclic amines) is 1. The molecule has 0 saturated carbocycles. The van der Waals surface area contributed by atoms with Crippen molar-refractivity contribution in [2.45, 2.75) is 38.2 Å². The average Bonchev–Trinajstić information content (AvgIpc) is 3.30. The van der Waals surface area contributed by atoms with Crippen molar-refractivity contribution in [3.63, 3.8) is 0 Å². The molecule has 0 radical (unpaired) electrons. The zero-order chi connectivity index (χ0) is 21.8. The van der Waals surface area contributed by atoms with E-state index in [1.807, 2.05) is 42.2 Å². The fraction of sp³-hybridized carbons (Fsp3) is 0.435. The molecule has 2 aromatic heterocycles. The van der Waals surface area contributed by atoms with Crippen LogP contribution in [0.1, 0.15) is 45.2 Å². The molecule has 1 atom stereocenters. The molecule has 1 aliphatic rings. The molecule has 4 rings (SSSR count). The summed E-state index contributed by atoms with van der Waals surface area (Å²) in [5, 5.41) is 16.2. The molecule has 31 heavy (non-hydrogen) atoms. The Morgan fingerprint density at radius 3 is 2.81 bits per heavy atom. The van der Waals surface area contributed by atoms with Crippen LogP contribution in [0.15, 0.2) is 42.7 Å². The molecule has 1 fully saturated rings. The molecule has 1 aliphatic heterocycles. The molecule has 7 nitrogen and oxygen atoms in total. The second kappa shape index (κ2) is 9.20. The highest BCUT2D eigenvalue weighted by atomic mass is 32.1. The van der Waals surface area contributed by atoms with Crippen LogP contribution in [0.5, 0.6) is 5.75 Å². The first kappa shape index (κ1) is 21.5. The van der Waals surface area contributed by atoms with E-state index in [-0.39, 0.29) is 5.91 Å². The molecule has 1 N–H and O–H groups in total. The first-order valence-corrected chi connectivity index (χ1v) is 11.4.